The molecule has 0 aromatic heterocycles. The second-order valence-electron chi connectivity index (χ2n) is 22.4. The Morgan fingerprint density at radius 3 is 0.694 bits per heavy atom. The molecule has 1 atom stereocenters. The van der Waals surface area contributed by atoms with Crippen LogP contribution in [-0.2, 0) is 28.6 Å². The van der Waals surface area contributed by atoms with Crippen LogP contribution in [0.15, 0.2) is 12.2 Å². The molecule has 426 valence electrons. The molecule has 0 amide bonds. The Morgan fingerprint density at radius 1 is 0.264 bits per heavy atom. The first-order valence-electron chi connectivity index (χ1n) is 32.7. The van der Waals surface area contributed by atoms with Gasteiger partial charge in [-0.05, 0) is 44.9 Å². The smallest absolute Gasteiger partial charge is 0.306 e. The van der Waals surface area contributed by atoms with Crippen molar-refractivity contribution in [1.82, 2.24) is 0 Å². The van der Waals surface area contributed by atoms with Crippen LogP contribution >= 0.6 is 0 Å². The van der Waals surface area contributed by atoms with Crippen molar-refractivity contribution >= 4 is 17.9 Å². The van der Waals surface area contributed by atoms with Gasteiger partial charge in [0.2, 0.25) is 0 Å². The maximum Gasteiger partial charge on any atom is 0.306 e. The molecule has 6 nitrogen and oxygen atoms in total. The molecule has 72 heavy (non-hydrogen) atoms. The lowest BCUT2D eigenvalue weighted by atomic mass is 10.0. The van der Waals surface area contributed by atoms with Crippen molar-refractivity contribution in [3.63, 3.8) is 0 Å². The molecule has 1 unspecified atom stereocenters. The number of carbonyl (C=O) groups is 3. The van der Waals surface area contributed by atoms with E-state index in [-0.39, 0.29) is 31.1 Å². The molecule has 0 bridgehead atoms. The van der Waals surface area contributed by atoms with Crippen molar-refractivity contribution in [3.8, 4) is 0 Å². The predicted octanol–water partition coefficient (Wildman–Crippen LogP) is 22.1. The minimum Gasteiger partial charge on any atom is -0.462 e. The van der Waals surface area contributed by atoms with Crippen molar-refractivity contribution in [3.05, 3.63) is 12.2 Å². The highest BCUT2D eigenvalue weighted by molar-refractivity contribution is 5.71. The number of ether oxygens (including phenoxy) is 3. The summed E-state index contributed by atoms with van der Waals surface area (Å²) in [5, 5.41) is 0. The molecule has 0 aliphatic carbocycles. The fraction of sp³-hybridized carbons (Fsp3) is 0.924. The molecule has 0 saturated carbocycles. The predicted molar refractivity (Wildman–Crippen MR) is 312 cm³/mol. The molecule has 0 radical (unpaired) electrons. The molecular weight excluding hydrogens is 889 g/mol. The summed E-state index contributed by atoms with van der Waals surface area (Å²) in [5.41, 5.74) is 0. The van der Waals surface area contributed by atoms with Crippen LogP contribution in [0.1, 0.15) is 374 Å². The number of allylic oxidation sites excluding steroid dienone is 2. The number of carbonyl (C=O) groups excluding carboxylic acids is 3. The van der Waals surface area contributed by atoms with Crippen LogP contribution in [0.2, 0.25) is 0 Å². The first-order chi connectivity index (χ1) is 35.5. The van der Waals surface area contributed by atoms with Crippen LogP contribution in [0.4, 0.5) is 0 Å². The van der Waals surface area contributed by atoms with Gasteiger partial charge < -0.3 is 14.2 Å². The van der Waals surface area contributed by atoms with E-state index in [1.165, 1.54) is 276 Å². The fourth-order valence-electron chi connectivity index (χ4n) is 10.1. The number of hydrogen-bond donors (Lipinski definition) is 0. The van der Waals surface area contributed by atoms with E-state index in [1.807, 2.05) is 0 Å². The molecule has 0 heterocycles. The van der Waals surface area contributed by atoms with Crippen LogP contribution in [-0.4, -0.2) is 37.2 Å². The lowest BCUT2D eigenvalue weighted by Gasteiger charge is -2.18. The Hall–Kier alpha value is -1.85. The van der Waals surface area contributed by atoms with Crippen LogP contribution in [0.3, 0.4) is 0 Å². The molecule has 0 aromatic carbocycles. The minimum absolute atomic E-state index is 0.0654. The summed E-state index contributed by atoms with van der Waals surface area (Å²) in [6, 6.07) is 0. The first kappa shape index (κ1) is 70.1. The van der Waals surface area contributed by atoms with Gasteiger partial charge >= 0.3 is 17.9 Å². The average Bonchev–Trinajstić information content (AvgIpc) is 3.38. The van der Waals surface area contributed by atoms with Gasteiger partial charge in [0.1, 0.15) is 13.2 Å². The molecule has 0 spiro atoms. The molecule has 0 fully saturated rings. The molecule has 0 aliphatic rings. The van der Waals surface area contributed by atoms with E-state index in [1.54, 1.807) is 0 Å². The highest BCUT2D eigenvalue weighted by atomic mass is 16.6. The average molecular weight is 1020 g/mol. The van der Waals surface area contributed by atoms with Gasteiger partial charge in [-0.25, -0.2) is 0 Å². The Labute approximate surface area is 450 Å². The summed E-state index contributed by atoms with van der Waals surface area (Å²) in [6.07, 6.45) is 72.3. The van der Waals surface area contributed by atoms with Gasteiger partial charge in [0, 0.05) is 19.3 Å². The highest BCUT2D eigenvalue weighted by Crippen LogP contribution is 2.18. The SMILES string of the molecule is CCCCCCCCC/C=C\CCCCCCCCCC(=O)OC(COC(=O)CCCCCCCCCCCCC)COC(=O)CCCCCCCCCCCCCCCCCCCCCCCCCCC. The van der Waals surface area contributed by atoms with Crippen molar-refractivity contribution in [2.24, 2.45) is 0 Å². The largest absolute Gasteiger partial charge is 0.462 e. The third-order valence-corrected chi connectivity index (χ3v) is 15.0. The Balaban J connectivity index is 4.18. The zero-order valence-corrected chi connectivity index (χ0v) is 49.0. The summed E-state index contributed by atoms with van der Waals surface area (Å²) >= 11 is 0. The third-order valence-electron chi connectivity index (χ3n) is 15.0. The Morgan fingerprint density at radius 2 is 0.458 bits per heavy atom. The van der Waals surface area contributed by atoms with Gasteiger partial charge in [-0.1, -0.05) is 322 Å². The topological polar surface area (TPSA) is 78.9 Å². The molecule has 0 rings (SSSR count). The number of rotatable bonds is 61. The molecule has 0 aliphatic heterocycles. The quantitative estimate of drug-likeness (QED) is 0.0261. The van der Waals surface area contributed by atoms with E-state index < -0.39 is 6.10 Å². The van der Waals surface area contributed by atoms with Crippen LogP contribution in [0.5, 0.6) is 0 Å². The van der Waals surface area contributed by atoms with Gasteiger partial charge in [-0.15, -0.1) is 0 Å². The summed E-state index contributed by atoms with van der Waals surface area (Å²) in [4.78, 5) is 38.2. The van der Waals surface area contributed by atoms with Crippen molar-refractivity contribution < 1.29 is 28.6 Å². The molecule has 0 N–H and O–H groups in total. The highest BCUT2D eigenvalue weighted by Gasteiger charge is 2.19. The normalized spacial score (nSPS) is 12.0. The standard InChI is InChI=1S/C66H126O6/c1-4-7-10-13-16-19-22-24-26-28-30-31-32-33-34-35-36-38-39-41-44-47-50-53-56-59-65(68)71-62-63(61-70-64(67)58-55-52-49-46-43-21-18-15-12-9-6-3)72-66(69)60-57-54-51-48-45-42-40-37-29-27-25-23-20-17-14-11-8-5-2/h27,29,63H,4-26,28,30-62H2,1-3H3/b29-27-. The number of esters is 3. The van der Waals surface area contributed by atoms with Gasteiger partial charge in [0.25, 0.3) is 0 Å². The second kappa shape index (κ2) is 61.7. The molecule has 0 saturated heterocycles. The van der Waals surface area contributed by atoms with Gasteiger partial charge in [-0.2, -0.15) is 0 Å². The maximum atomic E-state index is 12.9. The fourth-order valence-corrected chi connectivity index (χ4v) is 10.1. The molecule has 0 aromatic rings. The van der Waals surface area contributed by atoms with E-state index in [0.29, 0.717) is 19.3 Å². The number of unbranched alkanes of at least 4 members (excludes halogenated alkanes) is 48. The number of hydrogen-bond acceptors (Lipinski definition) is 6. The van der Waals surface area contributed by atoms with Crippen LogP contribution < -0.4 is 0 Å². The lowest BCUT2D eigenvalue weighted by molar-refractivity contribution is -0.167. The Bertz CT molecular complexity index is 1120. The summed E-state index contributed by atoms with van der Waals surface area (Å²) in [6.45, 7) is 6.70. The third kappa shape index (κ3) is 59.0. The van der Waals surface area contributed by atoms with Crippen LogP contribution in [0, 0.1) is 0 Å². The zero-order valence-electron chi connectivity index (χ0n) is 49.0. The minimum atomic E-state index is -0.767. The van der Waals surface area contributed by atoms with E-state index in [4.69, 9.17) is 14.2 Å². The van der Waals surface area contributed by atoms with E-state index in [9.17, 15) is 14.4 Å². The van der Waals surface area contributed by atoms with Crippen molar-refractivity contribution in [2.75, 3.05) is 13.2 Å². The van der Waals surface area contributed by atoms with Crippen molar-refractivity contribution in [1.29, 1.82) is 0 Å². The van der Waals surface area contributed by atoms with E-state index in [0.717, 1.165) is 57.8 Å². The van der Waals surface area contributed by atoms with Crippen LogP contribution in [0.25, 0.3) is 0 Å². The summed E-state index contributed by atoms with van der Waals surface area (Å²) < 4.78 is 16.9. The maximum absolute atomic E-state index is 12.9. The Kier molecular flexibility index (Phi) is 60.1. The monoisotopic (exact) mass is 1010 g/mol. The molecular formula is C66H126O6. The molecule has 6 heteroatoms. The zero-order chi connectivity index (χ0) is 52.2. The summed E-state index contributed by atoms with van der Waals surface area (Å²) in [7, 11) is 0. The second-order valence-corrected chi connectivity index (χ2v) is 22.4. The first-order valence-corrected chi connectivity index (χ1v) is 32.7. The lowest BCUT2D eigenvalue weighted by Crippen LogP contribution is -2.30. The van der Waals surface area contributed by atoms with Crippen molar-refractivity contribution in [2.45, 2.75) is 380 Å². The van der Waals surface area contributed by atoms with Gasteiger partial charge in [0.15, 0.2) is 6.10 Å². The summed E-state index contributed by atoms with van der Waals surface area (Å²) in [5.74, 6) is -0.842. The van der Waals surface area contributed by atoms with Gasteiger partial charge in [0.05, 0.1) is 0 Å². The van der Waals surface area contributed by atoms with E-state index >= 15 is 0 Å². The van der Waals surface area contributed by atoms with Gasteiger partial charge in [-0.3, -0.25) is 14.4 Å². The van der Waals surface area contributed by atoms with E-state index in [2.05, 4.69) is 32.9 Å².